The van der Waals surface area contributed by atoms with Crippen molar-refractivity contribution >= 4 is 23.4 Å². The van der Waals surface area contributed by atoms with E-state index in [1.165, 1.54) is 29.2 Å². The summed E-state index contributed by atoms with van der Waals surface area (Å²) in [5, 5.41) is 13.4. The van der Waals surface area contributed by atoms with E-state index in [-0.39, 0.29) is 11.6 Å². The molecule has 1 N–H and O–H groups in total. The topological polar surface area (TPSA) is 81.5 Å². The predicted octanol–water partition coefficient (Wildman–Crippen LogP) is 3.40. The number of benzene rings is 2. The Morgan fingerprint density at radius 2 is 1.83 bits per heavy atom. The maximum atomic E-state index is 12.1. The van der Waals surface area contributed by atoms with Crippen LogP contribution in [0.3, 0.4) is 0 Å². The fraction of sp³-hybridized carbons (Fsp3) is 0.235. The normalized spacial score (nSPS) is 11.6. The lowest BCUT2D eigenvalue weighted by Gasteiger charge is -2.14. The van der Waals surface area contributed by atoms with E-state index in [0.717, 1.165) is 5.56 Å². The number of ether oxygens (including phenoxy) is 1. The number of thioether (sulfide) groups is 1. The highest BCUT2D eigenvalue weighted by atomic mass is 32.2. The lowest BCUT2D eigenvalue weighted by molar-refractivity contribution is -0.384. The molecule has 0 saturated carbocycles. The fourth-order valence-corrected chi connectivity index (χ4v) is 2.39. The number of hydrogen-bond donors (Lipinski definition) is 1. The van der Waals surface area contributed by atoms with E-state index in [9.17, 15) is 14.9 Å². The van der Waals surface area contributed by atoms with Crippen LogP contribution in [-0.2, 0) is 11.3 Å². The third-order valence-corrected chi connectivity index (χ3v) is 4.10. The van der Waals surface area contributed by atoms with Gasteiger partial charge in [0.1, 0.15) is 5.75 Å². The molecule has 24 heavy (non-hydrogen) atoms. The Labute approximate surface area is 144 Å². The summed E-state index contributed by atoms with van der Waals surface area (Å²) >= 11 is 1.66. The molecule has 0 radical (unpaired) electrons. The van der Waals surface area contributed by atoms with Crippen LogP contribution in [0.5, 0.6) is 5.75 Å². The minimum absolute atomic E-state index is 0.0202. The Morgan fingerprint density at radius 3 is 2.38 bits per heavy atom. The third kappa shape index (κ3) is 4.99. The summed E-state index contributed by atoms with van der Waals surface area (Å²) in [6, 6.07) is 13.6. The average Bonchev–Trinajstić information content (AvgIpc) is 2.60. The first-order valence-electron chi connectivity index (χ1n) is 7.31. The molecule has 2 rings (SSSR count). The second-order valence-electron chi connectivity index (χ2n) is 5.08. The van der Waals surface area contributed by atoms with Gasteiger partial charge in [0, 0.05) is 23.6 Å². The number of carbonyl (C=O) groups excluding carboxylic acids is 1. The van der Waals surface area contributed by atoms with Gasteiger partial charge in [0.2, 0.25) is 0 Å². The number of hydrogen-bond acceptors (Lipinski definition) is 5. The van der Waals surface area contributed by atoms with Gasteiger partial charge in [0.25, 0.3) is 11.6 Å². The van der Waals surface area contributed by atoms with E-state index in [1.807, 2.05) is 30.5 Å². The second-order valence-corrected chi connectivity index (χ2v) is 5.96. The van der Waals surface area contributed by atoms with Gasteiger partial charge in [0.15, 0.2) is 6.10 Å². The van der Waals surface area contributed by atoms with Crippen LogP contribution in [0, 0.1) is 10.1 Å². The highest BCUT2D eigenvalue weighted by Gasteiger charge is 2.15. The zero-order valence-corrected chi connectivity index (χ0v) is 14.2. The Bertz CT molecular complexity index is 702. The van der Waals surface area contributed by atoms with Crippen LogP contribution >= 0.6 is 11.8 Å². The lowest BCUT2D eigenvalue weighted by atomic mass is 10.2. The molecule has 0 spiro atoms. The molecule has 2 aromatic rings. The number of nitrogens with one attached hydrogen (secondary N) is 1. The van der Waals surface area contributed by atoms with Crippen molar-refractivity contribution < 1.29 is 14.5 Å². The molecule has 0 aliphatic heterocycles. The molecule has 0 aromatic heterocycles. The number of nitro groups is 1. The molecule has 0 fully saturated rings. The quantitative estimate of drug-likeness (QED) is 0.472. The summed E-state index contributed by atoms with van der Waals surface area (Å²) in [5.41, 5.74) is 0.983. The van der Waals surface area contributed by atoms with Crippen molar-refractivity contribution in [3.8, 4) is 5.75 Å². The van der Waals surface area contributed by atoms with E-state index in [1.54, 1.807) is 18.7 Å². The van der Waals surface area contributed by atoms with Crippen LogP contribution in [0.1, 0.15) is 12.5 Å². The van der Waals surface area contributed by atoms with Crippen molar-refractivity contribution in [1.82, 2.24) is 5.32 Å². The van der Waals surface area contributed by atoms with Gasteiger partial charge in [-0.2, -0.15) is 0 Å². The number of amides is 1. The molecule has 1 atom stereocenters. The Balaban J connectivity index is 1.85. The van der Waals surface area contributed by atoms with Gasteiger partial charge in [-0.1, -0.05) is 12.1 Å². The van der Waals surface area contributed by atoms with Gasteiger partial charge >= 0.3 is 0 Å². The SMILES string of the molecule is CSc1ccc(CNC(=O)C(C)Oc2ccc([N+](=O)[O-])cc2)cc1. The molecule has 1 unspecified atom stereocenters. The summed E-state index contributed by atoms with van der Waals surface area (Å²) < 4.78 is 5.50. The van der Waals surface area contributed by atoms with E-state index in [4.69, 9.17) is 4.74 Å². The molecule has 0 aliphatic rings. The van der Waals surface area contributed by atoms with Gasteiger partial charge in [-0.25, -0.2) is 0 Å². The van der Waals surface area contributed by atoms with Gasteiger partial charge < -0.3 is 10.1 Å². The molecule has 0 bridgehead atoms. The smallest absolute Gasteiger partial charge is 0.269 e. The van der Waals surface area contributed by atoms with Crippen molar-refractivity contribution in [2.24, 2.45) is 0 Å². The molecule has 0 aliphatic carbocycles. The van der Waals surface area contributed by atoms with E-state index in [2.05, 4.69) is 5.32 Å². The summed E-state index contributed by atoms with van der Waals surface area (Å²) in [6.45, 7) is 2.05. The van der Waals surface area contributed by atoms with Gasteiger partial charge in [0.05, 0.1) is 4.92 Å². The first kappa shape index (κ1) is 17.8. The van der Waals surface area contributed by atoms with Crippen molar-refractivity contribution in [1.29, 1.82) is 0 Å². The molecule has 6 nitrogen and oxygen atoms in total. The summed E-state index contributed by atoms with van der Waals surface area (Å²) in [7, 11) is 0. The molecule has 0 heterocycles. The highest BCUT2D eigenvalue weighted by molar-refractivity contribution is 7.98. The van der Waals surface area contributed by atoms with E-state index in [0.29, 0.717) is 12.3 Å². The summed E-state index contributed by atoms with van der Waals surface area (Å²) in [6.07, 6.45) is 1.31. The largest absolute Gasteiger partial charge is 0.481 e. The van der Waals surface area contributed by atoms with E-state index >= 15 is 0 Å². The fourth-order valence-electron chi connectivity index (χ4n) is 1.98. The molecule has 1 amide bonds. The number of carbonyl (C=O) groups is 1. The summed E-state index contributed by atoms with van der Waals surface area (Å²) in [5.74, 6) is 0.162. The van der Waals surface area contributed by atoms with E-state index < -0.39 is 11.0 Å². The highest BCUT2D eigenvalue weighted by Crippen LogP contribution is 2.18. The molecular formula is C17H18N2O4S. The van der Waals surface area contributed by atoms with Crippen molar-refractivity contribution in [2.75, 3.05) is 6.26 Å². The van der Waals surface area contributed by atoms with Crippen LogP contribution in [0.2, 0.25) is 0 Å². The predicted molar refractivity (Wildman–Crippen MR) is 93.3 cm³/mol. The maximum absolute atomic E-state index is 12.1. The molecular weight excluding hydrogens is 328 g/mol. The molecule has 126 valence electrons. The zero-order valence-electron chi connectivity index (χ0n) is 13.4. The molecule has 2 aromatic carbocycles. The first-order valence-corrected chi connectivity index (χ1v) is 8.54. The number of nitro benzene ring substituents is 1. The third-order valence-electron chi connectivity index (χ3n) is 3.36. The number of non-ortho nitro benzene ring substituents is 1. The minimum Gasteiger partial charge on any atom is -0.481 e. The lowest BCUT2D eigenvalue weighted by Crippen LogP contribution is -2.35. The summed E-state index contributed by atoms with van der Waals surface area (Å²) in [4.78, 5) is 23.4. The first-order chi connectivity index (χ1) is 11.5. The number of rotatable bonds is 7. The average molecular weight is 346 g/mol. The van der Waals surface area contributed by atoms with Crippen LogP contribution in [-0.4, -0.2) is 23.2 Å². The Morgan fingerprint density at radius 1 is 1.21 bits per heavy atom. The second kappa shape index (κ2) is 8.35. The standard InChI is InChI=1S/C17H18N2O4S/c1-12(23-15-7-5-14(6-8-15)19(21)22)17(20)18-11-13-3-9-16(24-2)10-4-13/h3-10,12H,11H2,1-2H3,(H,18,20). The van der Waals surface area contributed by atoms with Crippen LogP contribution in [0.15, 0.2) is 53.4 Å². The maximum Gasteiger partial charge on any atom is 0.269 e. The van der Waals surface area contributed by atoms with Gasteiger partial charge in [-0.3, -0.25) is 14.9 Å². The zero-order chi connectivity index (χ0) is 17.5. The van der Waals surface area contributed by atoms with Crippen LogP contribution in [0.4, 0.5) is 5.69 Å². The van der Waals surface area contributed by atoms with Crippen LogP contribution < -0.4 is 10.1 Å². The van der Waals surface area contributed by atoms with Crippen molar-refractivity contribution in [2.45, 2.75) is 24.5 Å². The number of nitrogens with zero attached hydrogens (tertiary/aromatic N) is 1. The van der Waals surface area contributed by atoms with Gasteiger partial charge in [-0.05, 0) is 43.0 Å². The van der Waals surface area contributed by atoms with Crippen LogP contribution in [0.25, 0.3) is 0 Å². The van der Waals surface area contributed by atoms with Crippen molar-refractivity contribution in [3.63, 3.8) is 0 Å². The van der Waals surface area contributed by atoms with Gasteiger partial charge in [-0.15, -0.1) is 11.8 Å². The molecule has 7 heteroatoms. The minimum atomic E-state index is -0.697. The Hall–Kier alpha value is -2.54. The monoisotopic (exact) mass is 346 g/mol. The Kier molecular flexibility index (Phi) is 6.20. The molecule has 0 saturated heterocycles. The van der Waals surface area contributed by atoms with Crippen molar-refractivity contribution in [3.05, 3.63) is 64.2 Å².